The molecule has 0 aromatic carbocycles. The Morgan fingerprint density at radius 1 is 1.40 bits per heavy atom. The van der Waals surface area contributed by atoms with E-state index in [1.165, 1.54) is 6.92 Å². The first-order valence-electron chi connectivity index (χ1n) is 4.54. The van der Waals surface area contributed by atoms with Crippen LogP contribution >= 0.6 is 23.2 Å². The molecule has 15 heavy (non-hydrogen) atoms. The molecule has 6 heteroatoms. The second kappa shape index (κ2) is 3.94. The molecule has 0 aliphatic carbocycles. The van der Waals surface area contributed by atoms with Crippen LogP contribution in [0.25, 0.3) is 0 Å². The Kier molecular flexibility index (Phi) is 2.80. The van der Waals surface area contributed by atoms with Crippen LogP contribution in [0.4, 0.5) is 0 Å². The summed E-state index contributed by atoms with van der Waals surface area (Å²) in [5.41, 5.74) is 1.65. The van der Waals surface area contributed by atoms with Gasteiger partial charge in [-0.2, -0.15) is 0 Å². The quantitative estimate of drug-likeness (QED) is 0.517. The van der Waals surface area contributed by atoms with E-state index in [1.54, 1.807) is 4.90 Å². The van der Waals surface area contributed by atoms with Crippen molar-refractivity contribution in [1.29, 1.82) is 0 Å². The maximum Gasteiger partial charge on any atom is 0.224 e. The van der Waals surface area contributed by atoms with Gasteiger partial charge in [-0.05, 0) is 11.6 Å². The van der Waals surface area contributed by atoms with Gasteiger partial charge in [-0.25, -0.2) is 9.97 Å². The van der Waals surface area contributed by atoms with Gasteiger partial charge in [0.05, 0.1) is 12.2 Å². The minimum absolute atomic E-state index is 0.0340. The molecule has 1 aromatic heterocycles. The molecule has 4 nitrogen and oxygen atoms in total. The smallest absolute Gasteiger partial charge is 0.224 e. The minimum atomic E-state index is 0.0340. The van der Waals surface area contributed by atoms with E-state index in [0.29, 0.717) is 24.7 Å². The fraction of sp³-hybridized carbons (Fsp3) is 0.444. The second-order valence-corrected chi connectivity index (χ2v) is 4.10. The third-order valence-electron chi connectivity index (χ3n) is 2.43. The summed E-state index contributed by atoms with van der Waals surface area (Å²) in [6, 6.07) is 0. The van der Waals surface area contributed by atoms with Gasteiger partial charge in [-0.15, -0.1) is 0 Å². The number of halogens is 2. The van der Waals surface area contributed by atoms with Gasteiger partial charge >= 0.3 is 0 Å². The van der Waals surface area contributed by atoms with Crippen molar-refractivity contribution in [2.24, 2.45) is 0 Å². The van der Waals surface area contributed by atoms with E-state index >= 15 is 0 Å². The third-order valence-corrected chi connectivity index (χ3v) is 2.91. The Morgan fingerprint density at radius 2 is 2.13 bits per heavy atom. The largest absolute Gasteiger partial charge is 0.338 e. The zero-order valence-corrected chi connectivity index (χ0v) is 9.64. The highest BCUT2D eigenvalue weighted by Gasteiger charge is 2.22. The van der Waals surface area contributed by atoms with Crippen molar-refractivity contribution in [3.63, 3.8) is 0 Å². The van der Waals surface area contributed by atoms with E-state index in [-0.39, 0.29) is 11.2 Å². The number of carbonyl (C=O) groups excluding carboxylic acids is 1. The van der Waals surface area contributed by atoms with Gasteiger partial charge in [0.1, 0.15) is 5.15 Å². The van der Waals surface area contributed by atoms with Gasteiger partial charge in [-0.3, -0.25) is 4.79 Å². The zero-order valence-electron chi connectivity index (χ0n) is 8.13. The van der Waals surface area contributed by atoms with Crippen LogP contribution in [-0.2, 0) is 17.8 Å². The molecule has 0 saturated carbocycles. The van der Waals surface area contributed by atoms with Gasteiger partial charge < -0.3 is 4.90 Å². The monoisotopic (exact) mass is 245 g/mol. The van der Waals surface area contributed by atoms with E-state index in [9.17, 15) is 4.79 Å². The molecule has 1 amide bonds. The molecule has 0 radical (unpaired) electrons. The average Bonchev–Trinajstić information content (AvgIpc) is 2.16. The maximum absolute atomic E-state index is 11.2. The van der Waals surface area contributed by atoms with Crippen LogP contribution in [0.15, 0.2) is 0 Å². The van der Waals surface area contributed by atoms with Crippen LogP contribution in [0, 0.1) is 0 Å². The van der Waals surface area contributed by atoms with Crippen LogP contribution < -0.4 is 0 Å². The number of amides is 1. The van der Waals surface area contributed by atoms with Gasteiger partial charge in [-0.1, -0.05) is 11.6 Å². The number of rotatable bonds is 0. The van der Waals surface area contributed by atoms with Crippen molar-refractivity contribution in [1.82, 2.24) is 14.9 Å². The molecule has 2 heterocycles. The average molecular weight is 246 g/mol. The molecule has 0 saturated heterocycles. The molecule has 0 unspecified atom stereocenters. The maximum atomic E-state index is 11.2. The zero-order chi connectivity index (χ0) is 11.0. The lowest BCUT2D eigenvalue weighted by atomic mass is 10.1. The number of hydrogen-bond donors (Lipinski definition) is 0. The Morgan fingerprint density at radius 3 is 2.80 bits per heavy atom. The van der Waals surface area contributed by atoms with E-state index in [1.807, 2.05) is 0 Å². The lowest BCUT2D eigenvalue weighted by Gasteiger charge is -2.27. The number of carbonyl (C=O) groups is 1. The first-order valence-corrected chi connectivity index (χ1v) is 5.30. The molecule has 1 aromatic rings. The van der Waals surface area contributed by atoms with Crippen molar-refractivity contribution in [3.05, 3.63) is 21.7 Å². The van der Waals surface area contributed by atoms with Gasteiger partial charge in [0.25, 0.3) is 0 Å². The van der Waals surface area contributed by atoms with Crippen molar-refractivity contribution < 1.29 is 4.79 Å². The Balaban J connectivity index is 2.37. The number of fused-ring (bicyclic) bond motifs is 1. The lowest BCUT2D eigenvalue weighted by molar-refractivity contribution is -0.129. The summed E-state index contributed by atoms with van der Waals surface area (Å²) in [5.74, 6) is 0.0340. The minimum Gasteiger partial charge on any atom is -0.338 e. The standard InChI is InChI=1S/C9H9Cl2N3O/c1-5(15)14-3-2-7-6(4-14)8(10)13-9(11)12-7/h2-4H2,1H3. The molecule has 2 rings (SSSR count). The first-order chi connectivity index (χ1) is 7.08. The fourth-order valence-electron chi connectivity index (χ4n) is 1.61. The Hall–Kier alpha value is -0.870. The van der Waals surface area contributed by atoms with Crippen LogP contribution in [-0.4, -0.2) is 27.3 Å². The Labute approximate surface area is 97.2 Å². The molecular weight excluding hydrogens is 237 g/mol. The highest BCUT2D eigenvalue weighted by Crippen LogP contribution is 2.24. The van der Waals surface area contributed by atoms with E-state index < -0.39 is 0 Å². The summed E-state index contributed by atoms with van der Waals surface area (Å²) in [7, 11) is 0. The highest BCUT2D eigenvalue weighted by atomic mass is 35.5. The van der Waals surface area contributed by atoms with Gasteiger partial charge in [0, 0.05) is 25.5 Å². The molecule has 0 fully saturated rings. The molecule has 0 N–H and O–H groups in total. The van der Waals surface area contributed by atoms with Gasteiger partial charge in [0.2, 0.25) is 11.2 Å². The third kappa shape index (κ3) is 2.06. The summed E-state index contributed by atoms with van der Waals surface area (Å²) < 4.78 is 0. The van der Waals surface area contributed by atoms with E-state index in [0.717, 1.165) is 11.3 Å². The van der Waals surface area contributed by atoms with Crippen molar-refractivity contribution >= 4 is 29.1 Å². The molecule has 1 aliphatic rings. The summed E-state index contributed by atoms with van der Waals surface area (Å²) in [5, 5.41) is 0.506. The predicted molar refractivity (Wildman–Crippen MR) is 56.8 cm³/mol. The molecule has 80 valence electrons. The molecule has 0 bridgehead atoms. The molecular formula is C9H9Cl2N3O. The van der Waals surface area contributed by atoms with Crippen LogP contribution in [0.5, 0.6) is 0 Å². The lowest BCUT2D eigenvalue weighted by Crippen LogP contribution is -2.35. The van der Waals surface area contributed by atoms with Gasteiger partial charge in [0.15, 0.2) is 0 Å². The number of aromatic nitrogens is 2. The normalized spacial score (nSPS) is 15.0. The van der Waals surface area contributed by atoms with Crippen LogP contribution in [0.1, 0.15) is 18.2 Å². The fourth-order valence-corrected chi connectivity index (χ4v) is 2.09. The van der Waals surface area contributed by atoms with E-state index in [2.05, 4.69) is 9.97 Å². The predicted octanol–water partition coefficient (Wildman–Crippen LogP) is 1.69. The van der Waals surface area contributed by atoms with Crippen molar-refractivity contribution in [2.75, 3.05) is 6.54 Å². The van der Waals surface area contributed by atoms with Crippen molar-refractivity contribution in [3.8, 4) is 0 Å². The summed E-state index contributed by atoms with van der Waals surface area (Å²) in [6.45, 7) is 2.67. The molecule has 0 spiro atoms. The second-order valence-electron chi connectivity index (χ2n) is 3.40. The molecule has 1 aliphatic heterocycles. The van der Waals surface area contributed by atoms with Crippen LogP contribution in [0.3, 0.4) is 0 Å². The first kappa shape index (κ1) is 10.6. The highest BCUT2D eigenvalue weighted by molar-refractivity contribution is 6.32. The van der Waals surface area contributed by atoms with Crippen LogP contribution in [0.2, 0.25) is 10.4 Å². The topological polar surface area (TPSA) is 46.1 Å². The summed E-state index contributed by atoms with van der Waals surface area (Å²) >= 11 is 11.6. The summed E-state index contributed by atoms with van der Waals surface area (Å²) in [4.78, 5) is 20.9. The molecule has 0 atom stereocenters. The number of hydrogen-bond acceptors (Lipinski definition) is 3. The number of nitrogens with zero attached hydrogens (tertiary/aromatic N) is 3. The van der Waals surface area contributed by atoms with Crippen molar-refractivity contribution in [2.45, 2.75) is 19.9 Å². The SMILES string of the molecule is CC(=O)N1CCc2nc(Cl)nc(Cl)c2C1. The summed E-state index contributed by atoms with van der Waals surface area (Å²) in [6.07, 6.45) is 0.677. The van der Waals surface area contributed by atoms with E-state index in [4.69, 9.17) is 23.2 Å². The Bertz CT molecular complexity index is 422.